The quantitative estimate of drug-likeness (QED) is 0.779. The van der Waals surface area contributed by atoms with Gasteiger partial charge in [-0.05, 0) is 44.9 Å². The Bertz CT molecular complexity index is 406. The Balaban J connectivity index is 2.05. The first-order chi connectivity index (χ1) is 7.96. The molecule has 1 atom stereocenters. The molecular formula is C13H19FN2O. The van der Waals surface area contributed by atoms with Crippen molar-refractivity contribution in [2.24, 2.45) is 0 Å². The van der Waals surface area contributed by atoms with E-state index in [9.17, 15) is 4.39 Å². The summed E-state index contributed by atoms with van der Waals surface area (Å²) in [6.45, 7) is 4.82. The molecule has 0 bridgehead atoms. The van der Waals surface area contributed by atoms with E-state index in [2.05, 4.69) is 19.2 Å². The summed E-state index contributed by atoms with van der Waals surface area (Å²) in [7, 11) is 0. The highest BCUT2D eigenvalue weighted by Crippen LogP contribution is 2.27. The van der Waals surface area contributed by atoms with Gasteiger partial charge in [-0.1, -0.05) is 0 Å². The van der Waals surface area contributed by atoms with Crippen LogP contribution in [0.3, 0.4) is 0 Å². The summed E-state index contributed by atoms with van der Waals surface area (Å²) in [5.41, 5.74) is 6.34. The molecule has 1 aliphatic heterocycles. The van der Waals surface area contributed by atoms with Crippen LogP contribution in [0.5, 0.6) is 0 Å². The predicted octanol–water partition coefficient (Wildman–Crippen LogP) is 2.78. The fraction of sp³-hybridized carbons (Fsp3) is 0.538. The topological polar surface area (TPSA) is 47.3 Å². The number of nitrogens with two attached hydrogens (primary N) is 1. The molecule has 1 aliphatic rings. The van der Waals surface area contributed by atoms with E-state index in [-0.39, 0.29) is 17.5 Å². The number of hydrogen-bond acceptors (Lipinski definition) is 3. The highest BCUT2D eigenvalue weighted by Gasteiger charge is 2.28. The number of hydrogen-bond donors (Lipinski definition) is 2. The molecule has 0 spiro atoms. The summed E-state index contributed by atoms with van der Waals surface area (Å²) in [6, 6.07) is 4.98. The van der Waals surface area contributed by atoms with Crippen molar-refractivity contribution in [2.75, 3.05) is 17.7 Å². The molecule has 3 N–H and O–H groups in total. The van der Waals surface area contributed by atoms with Gasteiger partial charge in [0.25, 0.3) is 0 Å². The molecule has 94 valence electrons. The van der Waals surface area contributed by atoms with E-state index in [1.165, 1.54) is 6.07 Å². The maximum atomic E-state index is 13.6. The molecule has 17 heavy (non-hydrogen) atoms. The van der Waals surface area contributed by atoms with Crippen LogP contribution in [0.2, 0.25) is 0 Å². The van der Waals surface area contributed by atoms with E-state index in [0.717, 1.165) is 12.8 Å². The lowest BCUT2D eigenvalue weighted by Crippen LogP contribution is -2.40. The van der Waals surface area contributed by atoms with Crippen molar-refractivity contribution >= 4 is 11.4 Å². The van der Waals surface area contributed by atoms with Crippen LogP contribution in [0.15, 0.2) is 18.2 Å². The lowest BCUT2D eigenvalue weighted by molar-refractivity contribution is -0.0553. The fourth-order valence-electron chi connectivity index (χ4n) is 2.22. The molecule has 1 saturated heterocycles. The van der Waals surface area contributed by atoms with Gasteiger partial charge in [0.2, 0.25) is 0 Å². The first-order valence-corrected chi connectivity index (χ1v) is 5.92. The first kappa shape index (κ1) is 12.2. The van der Waals surface area contributed by atoms with Crippen molar-refractivity contribution in [3.05, 3.63) is 24.0 Å². The summed E-state index contributed by atoms with van der Waals surface area (Å²) in [6.07, 6.45) is 1.77. The van der Waals surface area contributed by atoms with Gasteiger partial charge >= 0.3 is 0 Å². The molecule has 4 heteroatoms. The third-order valence-electron chi connectivity index (χ3n) is 3.05. The minimum absolute atomic E-state index is 0.139. The highest BCUT2D eigenvalue weighted by atomic mass is 19.1. The Morgan fingerprint density at radius 3 is 2.88 bits per heavy atom. The average molecular weight is 238 g/mol. The van der Waals surface area contributed by atoms with Crippen molar-refractivity contribution in [3.63, 3.8) is 0 Å². The lowest BCUT2D eigenvalue weighted by Gasteiger charge is -2.36. The molecular weight excluding hydrogens is 219 g/mol. The number of benzene rings is 1. The summed E-state index contributed by atoms with van der Waals surface area (Å²) >= 11 is 0. The van der Waals surface area contributed by atoms with Crippen LogP contribution in [-0.4, -0.2) is 18.2 Å². The molecule has 0 radical (unpaired) electrons. The molecule has 0 amide bonds. The number of rotatable bonds is 2. The van der Waals surface area contributed by atoms with Gasteiger partial charge in [-0.2, -0.15) is 0 Å². The zero-order valence-electron chi connectivity index (χ0n) is 10.3. The van der Waals surface area contributed by atoms with Crippen molar-refractivity contribution in [1.82, 2.24) is 0 Å². The smallest absolute Gasteiger partial charge is 0.148 e. The first-order valence-electron chi connectivity index (χ1n) is 5.92. The number of anilines is 2. The lowest BCUT2D eigenvalue weighted by atomic mass is 9.94. The fourth-order valence-corrected chi connectivity index (χ4v) is 2.22. The summed E-state index contributed by atoms with van der Waals surface area (Å²) in [5, 5.41) is 3.22. The molecule has 0 aromatic heterocycles. The summed E-state index contributed by atoms with van der Waals surface area (Å²) in [5.74, 6) is -0.297. The average Bonchev–Trinajstić information content (AvgIpc) is 2.21. The van der Waals surface area contributed by atoms with Gasteiger partial charge in [0.1, 0.15) is 5.82 Å². The van der Waals surface area contributed by atoms with Crippen LogP contribution in [0.25, 0.3) is 0 Å². The van der Waals surface area contributed by atoms with Gasteiger partial charge in [-0.15, -0.1) is 0 Å². The molecule has 2 rings (SSSR count). The second-order valence-corrected chi connectivity index (χ2v) is 5.18. The minimum Gasteiger partial charge on any atom is -0.399 e. The van der Waals surface area contributed by atoms with E-state index >= 15 is 0 Å². The van der Waals surface area contributed by atoms with Crippen LogP contribution >= 0.6 is 0 Å². The Kier molecular flexibility index (Phi) is 3.24. The number of ether oxygens (including phenoxy) is 1. The molecule has 1 aromatic carbocycles. The highest BCUT2D eigenvalue weighted by molar-refractivity contribution is 5.53. The van der Waals surface area contributed by atoms with Crippen molar-refractivity contribution < 1.29 is 9.13 Å². The standard InChI is InChI=1S/C13H19FN2O/c1-13(2)8-10(5-6-17-13)16-12-4-3-9(15)7-11(12)14/h3-4,7,10,16H,5-6,8,15H2,1-2H3. The van der Waals surface area contributed by atoms with Crippen LogP contribution < -0.4 is 11.1 Å². The van der Waals surface area contributed by atoms with Crippen molar-refractivity contribution in [3.8, 4) is 0 Å². The number of nitrogen functional groups attached to an aromatic ring is 1. The Morgan fingerprint density at radius 1 is 1.47 bits per heavy atom. The van der Waals surface area contributed by atoms with Crippen LogP contribution in [-0.2, 0) is 4.74 Å². The summed E-state index contributed by atoms with van der Waals surface area (Å²) in [4.78, 5) is 0. The largest absolute Gasteiger partial charge is 0.399 e. The third kappa shape index (κ3) is 3.09. The predicted molar refractivity (Wildman–Crippen MR) is 67.5 cm³/mol. The molecule has 0 saturated carbocycles. The SMILES string of the molecule is CC1(C)CC(Nc2ccc(N)cc2F)CCO1. The molecule has 1 unspecified atom stereocenters. The zero-order chi connectivity index (χ0) is 12.5. The minimum atomic E-state index is -0.297. The Morgan fingerprint density at radius 2 is 2.24 bits per heavy atom. The van der Waals surface area contributed by atoms with E-state index in [1.54, 1.807) is 12.1 Å². The van der Waals surface area contributed by atoms with Crippen LogP contribution in [0.4, 0.5) is 15.8 Å². The normalized spacial score (nSPS) is 23.4. The maximum absolute atomic E-state index is 13.6. The Hall–Kier alpha value is -1.29. The van der Waals surface area contributed by atoms with Gasteiger partial charge in [-0.3, -0.25) is 0 Å². The molecule has 3 nitrogen and oxygen atoms in total. The molecule has 1 heterocycles. The summed E-state index contributed by atoms with van der Waals surface area (Å²) < 4.78 is 19.3. The monoisotopic (exact) mass is 238 g/mol. The number of nitrogens with one attached hydrogen (secondary N) is 1. The second kappa shape index (κ2) is 4.53. The van der Waals surface area contributed by atoms with E-state index in [1.807, 2.05) is 0 Å². The Labute approximate surface area is 101 Å². The van der Waals surface area contributed by atoms with Crippen molar-refractivity contribution in [1.29, 1.82) is 0 Å². The van der Waals surface area contributed by atoms with Gasteiger partial charge in [0, 0.05) is 18.3 Å². The van der Waals surface area contributed by atoms with Gasteiger partial charge in [0.15, 0.2) is 0 Å². The zero-order valence-corrected chi connectivity index (χ0v) is 10.3. The number of halogens is 1. The van der Waals surface area contributed by atoms with Gasteiger partial charge < -0.3 is 15.8 Å². The van der Waals surface area contributed by atoms with Gasteiger partial charge in [-0.25, -0.2) is 4.39 Å². The molecule has 1 fully saturated rings. The third-order valence-corrected chi connectivity index (χ3v) is 3.05. The molecule has 0 aliphatic carbocycles. The molecule has 1 aromatic rings. The van der Waals surface area contributed by atoms with Crippen LogP contribution in [0, 0.1) is 5.82 Å². The van der Waals surface area contributed by atoms with E-state index in [0.29, 0.717) is 18.0 Å². The van der Waals surface area contributed by atoms with E-state index < -0.39 is 0 Å². The van der Waals surface area contributed by atoms with Gasteiger partial charge in [0.05, 0.1) is 11.3 Å². The van der Waals surface area contributed by atoms with Crippen molar-refractivity contribution in [2.45, 2.75) is 38.3 Å². The maximum Gasteiger partial charge on any atom is 0.148 e. The van der Waals surface area contributed by atoms with E-state index in [4.69, 9.17) is 10.5 Å². The van der Waals surface area contributed by atoms with Crippen LogP contribution in [0.1, 0.15) is 26.7 Å². The second-order valence-electron chi connectivity index (χ2n) is 5.18.